The van der Waals surface area contributed by atoms with Crippen LogP contribution >= 0.6 is 11.6 Å². The van der Waals surface area contributed by atoms with Crippen molar-refractivity contribution in [3.63, 3.8) is 0 Å². The Bertz CT molecular complexity index is 347. The molecule has 0 heterocycles. The van der Waals surface area contributed by atoms with E-state index in [4.69, 9.17) is 11.6 Å². The van der Waals surface area contributed by atoms with Crippen molar-refractivity contribution in [2.24, 2.45) is 0 Å². The van der Waals surface area contributed by atoms with E-state index in [9.17, 15) is 4.79 Å². The van der Waals surface area contributed by atoms with Crippen LogP contribution in [-0.2, 0) is 4.79 Å². The van der Waals surface area contributed by atoms with Crippen LogP contribution in [0.1, 0.15) is 12.5 Å². The molecule has 0 aliphatic rings. The van der Waals surface area contributed by atoms with Gasteiger partial charge in [-0.1, -0.05) is 24.3 Å². The molecule has 2 nitrogen and oxygen atoms in total. The first-order chi connectivity index (χ1) is 6.13. The number of rotatable bonds is 2. The van der Waals surface area contributed by atoms with Crippen LogP contribution in [0.3, 0.4) is 0 Å². The fourth-order valence-corrected chi connectivity index (χ4v) is 1.19. The number of anilines is 1. The van der Waals surface area contributed by atoms with Gasteiger partial charge in [-0.15, -0.1) is 0 Å². The first-order valence-electron chi connectivity index (χ1n) is 3.83. The Morgan fingerprint density at radius 2 is 2.31 bits per heavy atom. The molecule has 0 radical (unpaired) electrons. The molecule has 0 bridgehead atoms. The number of hydrogen-bond donors (Lipinski definition) is 1. The van der Waals surface area contributed by atoms with Gasteiger partial charge in [-0.2, -0.15) is 0 Å². The van der Waals surface area contributed by atoms with Crippen LogP contribution in [0.5, 0.6) is 0 Å². The molecule has 0 aliphatic heterocycles. The lowest BCUT2D eigenvalue weighted by molar-refractivity contribution is -0.114. The van der Waals surface area contributed by atoms with Crippen molar-refractivity contribution in [3.05, 3.63) is 35.4 Å². The molecule has 13 heavy (non-hydrogen) atoms. The molecule has 1 N–H and O–H groups in total. The van der Waals surface area contributed by atoms with E-state index in [0.29, 0.717) is 5.02 Å². The summed E-state index contributed by atoms with van der Waals surface area (Å²) in [5, 5.41) is 3.31. The Morgan fingerprint density at radius 3 is 2.85 bits per heavy atom. The summed E-state index contributed by atoms with van der Waals surface area (Å²) >= 11 is 5.77. The summed E-state index contributed by atoms with van der Waals surface area (Å²) in [5.41, 5.74) is 1.55. The van der Waals surface area contributed by atoms with E-state index in [0.717, 1.165) is 11.3 Å². The zero-order chi connectivity index (χ0) is 9.84. The molecule has 0 atom stereocenters. The standard InChI is InChI=1S/C10H10ClNO/c1-3-8-6-9(11)4-5-10(8)12-7(2)13/h3-6H,1H2,2H3,(H,12,13). The maximum absolute atomic E-state index is 10.8. The lowest BCUT2D eigenvalue weighted by Gasteiger charge is -2.06. The van der Waals surface area contributed by atoms with Gasteiger partial charge in [0, 0.05) is 17.6 Å². The second-order valence-electron chi connectivity index (χ2n) is 2.62. The van der Waals surface area contributed by atoms with Crippen molar-refractivity contribution in [2.45, 2.75) is 6.92 Å². The van der Waals surface area contributed by atoms with Gasteiger partial charge in [0.2, 0.25) is 5.91 Å². The van der Waals surface area contributed by atoms with Gasteiger partial charge in [0.05, 0.1) is 0 Å². The van der Waals surface area contributed by atoms with Crippen LogP contribution in [0.15, 0.2) is 24.8 Å². The highest BCUT2D eigenvalue weighted by Gasteiger charge is 2.01. The third-order valence-electron chi connectivity index (χ3n) is 1.54. The lowest BCUT2D eigenvalue weighted by Crippen LogP contribution is -2.06. The molecule has 1 amide bonds. The number of nitrogens with one attached hydrogen (secondary N) is 1. The summed E-state index contributed by atoms with van der Waals surface area (Å²) in [6, 6.07) is 5.22. The molecule has 68 valence electrons. The van der Waals surface area contributed by atoms with Gasteiger partial charge < -0.3 is 5.32 Å². The molecule has 0 unspecified atom stereocenters. The van der Waals surface area contributed by atoms with E-state index in [-0.39, 0.29) is 5.91 Å². The van der Waals surface area contributed by atoms with Crippen molar-refractivity contribution in [1.29, 1.82) is 0 Å². The van der Waals surface area contributed by atoms with Crippen LogP contribution in [0.2, 0.25) is 5.02 Å². The number of hydrogen-bond acceptors (Lipinski definition) is 1. The lowest BCUT2D eigenvalue weighted by atomic mass is 10.2. The van der Waals surface area contributed by atoms with E-state index < -0.39 is 0 Å². The molecular formula is C10H10ClNO. The molecule has 0 spiro atoms. The molecule has 1 rings (SSSR count). The molecule has 1 aromatic rings. The number of carbonyl (C=O) groups excluding carboxylic acids is 1. The Kier molecular flexibility index (Phi) is 3.09. The van der Waals surface area contributed by atoms with Crippen molar-refractivity contribution < 1.29 is 4.79 Å². The normalized spacial score (nSPS) is 9.38. The first kappa shape index (κ1) is 9.81. The summed E-state index contributed by atoms with van der Waals surface area (Å²) in [6.45, 7) is 5.09. The highest BCUT2D eigenvalue weighted by atomic mass is 35.5. The Labute approximate surface area is 82.2 Å². The maximum atomic E-state index is 10.8. The minimum Gasteiger partial charge on any atom is -0.326 e. The van der Waals surface area contributed by atoms with Crippen LogP contribution in [0.4, 0.5) is 5.69 Å². The van der Waals surface area contributed by atoms with Gasteiger partial charge in [-0.05, 0) is 23.8 Å². The number of halogens is 1. The van der Waals surface area contributed by atoms with Crippen molar-refractivity contribution >= 4 is 29.3 Å². The van der Waals surface area contributed by atoms with Gasteiger partial charge >= 0.3 is 0 Å². The molecule has 0 aliphatic carbocycles. The molecular weight excluding hydrogens is 186 g/mol. The van der Waals surface area contributed by atoms with Gasteiger partial charge in [0.25, 0.3) is 0 Å². The number of benzene rings is 1. The largest absolute Gasteiger partial charge is 0.326 e. The second-order valence-corrected chi connectivity index (χ2v) is 3.05. The predicted octanol–water partition coefficient (Wildman–Crippen LogP) is 2.94. The van der Waals surface area contributed by atoms with E-state index in [2.05, 4.69) is 11.9 Å². The highest BCUT2D eigenvalue weighted by molar-refractivity contribution is 6.30. The predicted molar refractivity (Wildman–Crippen MR) is 55.8 cm³/mol. The Morgan fingerprint density at radius 1 is 1.62 bits per heavy atom. The topological polar surface area (TPSA) is 29.1 Å². The maximum Gasteiger partial charge on any atom is 0.221 e. The summed E-state index contributed by atoms with van der Waals surface area (Å²) in [7, 11) is 0. The summed E-state index contributed by atoms with van der Waals surface area (Å²) in [6.07, 6.45) is 1.65. The molecule has 0 saturated carbocycles. The van der Waals surface area contributed by atoms with Gasteiger partial charge in [-0.3, -0.25) is 4.79 Å². The van der Waals surface area contributed by atoms with Crippen LogP contribution < -0.4 is 5.32 Å². The molecule has 1 aromatic carbocycles. The van der Waals surface area contributed by atoms with Crippen molar-refractivity contribution in [3.8, 4) is 0 Å². The SMILES string of the molecule is C=Cc1cc(Cl)ccc1NC(C)=O. The van der Waals surface area contributed by atoms with E-state index in [1.807, 2.05) is 0 Å². The third kappa shape index (κ3) is 2.60. The van der Waals surface area contributed by atoms with Crippen molar-refractivity contribution in [1.82, 2.24) is 0 Å². The number of amides is 1. The zero-order valence-electron chi connectivity index (χ0n) is 7.30. The summed E-state index contributed by atoms with van der Waals surface area (Å²) < 4.78 is 0. The molecule has 0 saturated heterocycles. The third-order valence-corrected chi connectivity index (χ3v) is 1.78. The fourth-order valence-electron chi connectivity index (χ4n) is 1.01. The Balaban J connectivity index is 3.05. The van der Waals surface area contributed by atoms with Gasteiger partial charge in [-0.25, -0.2) is 0 Å². The van der Waals surface area contributed by atoms with E-state index in [1.54, 1.807) is 24.3 Å². The average Bonchev–Trinajstić information content (AvgIpc) is 2.07. The van der Waals surface area contributed by atoms with Gasteiger partial charge in [0.1, 0.15) is 0 Å². The second kappa shape index (κ2) is 4.10. The fraction of sp³-hybridized carbons (Fsp3) is 0.100. The summed E-state index contributed by atoms with van der Waals surface area (Å²) in [5.74, 6) is -0.106. The van der Waals surface area contributed by atoms with Crippen LogP contribution in [-0.4, -0.2) is 5.91 Å². The molecule has 3 heteroatoms. The van der Waals surface area contributed by atoms with Crippen LogP contribution in [0.25, 0.3) is 6.08 Å². The summed E-state index contributed by atoms with van der Waals surface area (Å²) in [4.78, 5) is 10.8. The minimum atomic E-state index is -0.106. The average molecular weight is 196 g/mol. The smallest absolute Gasteiger partial charge is 0.221 e. The molecule has 0 aromatic heterocycles. The zero-order valence-corrected chi connectivity index (χ0v) is 8.06. The van der Waals surface area contributed by atoms with Crippen molar-refractivity contribution in [2.75, 3.05) is 5.32 Å². The van der Waals surface area contributed by atoms with Gasteiger partial charge in [0.15, 0.2) is 0 Å². The highest BCUT2D eigenvalue weighted by Crippen LogP contribution is 2.21. The van der Waals surface area contributed by atoms with E-state index in [1.165, 1.54) is 6.92 Å². The quantitative estimate of drug-likeness (QED) is 0.773. The number of carbonyl (C=O) groups is 1. The monoisotopic (exact) mass is 195 g/mol. The Hall–Kier alpha value is -1.28. The molecule has 0 fully saturated rings. The first-order valence-corrected chi connectivity index (χ1v) is 4.21. The van der Waals surface area contributed by atoms with E-state index >= 15 is 0 Å². The van der Waals surface area contributed by atoms with Crippen LogP contribution in [0, 0.1) is 0 Å². The minimum absolute atomic E-state index is 0.106.